The number of likely N-dealkylation sites (N-methyl/N-ethyl adjacent to an activating group) is 1. The SMILES string of the molecule is CN(Cc1cccnc1CN)CC1(O)CCOCC1. The van der Waals surface area contributed by atoms with Gasteiger partial charge in [-0.2, -0.15) is 0 Å². The number of aromatic nitrogens is 1. The summed E-state index contributed by atoms with van der Waals surface area (Å²) in [7, 11) is 2.01. The maximum absolute atomic E-state index is 10.5. The molecule has 0 unspecified atom stereocenters. The highest BCUT2D eigenvalue weighted by atomic mass is 16.5. The topological polar surface area (TPSA) is 71.6 Å². The molecule has 1 aromatic heterocycles. The van der Waals surface area contributed by atoms with Gasteiger partial charge in [-0.15, -0.1) is 0 Å². The largest absolute Gasteiger partial charge is 0.388 e. The Morgan fingerprint density at radius 3 is 2.89 bits per heavy atom. The Kier molecular flexibility index (Phi) is 4.87. The molecule has 19 heavy (non-hydrogen) atoms. The van der Waals surface area contributed by atoms with E-state index < -0.39 is 5.60 Å². The van der Waals surface area contributed by atoms with Crippen LogP contribution in [0.15, 0.2) is 18.3 Å². The number of rotatable bonds is 5. The van der Waals surface area contributed by atoms with Gasteiger partial charge in [0.25, 0.3) is 0 Å². The van der Waals surface area contributed by atoms with Crippen LogP contribution in [0, 0.1) is 0 Å². The second-order valence-electron chi connectivity index (χ2n) is 5.32. The fraction of sp³-hybridized carbons (Fsp3) is 0.643. The Balaban J connectivity index is 1.95. The predicted molar refractivity (Wildman–Crippen MR) is 73.5 cm³/mol. The number of pyridine rings is 1. The number of nitrogens with two attached hydrogens (primary N) is 1. The average molecular weight is 265 g/mol. The van der Waals surface area contributed by atoms with Gasteiger partial charge in [0.1, 0.15) is 0 Å². The van der Waals surface area contributed by atoms with Crippen molar-refractivity contribution in [1.29, 1.82) is 0 Å². The highest BCUT2D eigenvalue weighted by Gasteiger charge is 2.31. The summed E-state index contributed by atoms with van der Waals surface area (Å²) in [5, 5.41) is 10.5. The molecule has 3 N–H and O–H groups in total. The zero-order valence-corrected chi connectivity index (χ0v) is 11.5. The van der Waals surface area contributed by atoms with E-state index in [4.69, 9.17) is 10.5 Å². The molecule has 0 atom stereocenters. The maximum atomic E-state index is 10.5. The minimum absolute atomic E-state index is 0.447. The van der Waals surface area contributed by atoms with Gasteiger partial charge in [-0.1, -0.05) is 6.07 Å². The predicted octanol–water partition coefficient (Wildman–Crippen LogP) is 0.514. The molecule has 0 aromatic carbocycles. The van der Waals surface area contributed by atoms with Crippen molar-refractivity contribution in [3.63, 3.8) is 0 Å². The van der Waals surface area contributed by atoms with Crippen LogP contribution in [-0.2, 0) is 17.8 Å². The van der Waals surface area contributed by atoms with Crippen LogP contribution in [0.5, 0.6) is 0 Å². The van der Waals surface area contributed by atoms with Gasteiger partial charge in [-0.25, -0.2) is 0 Å². The van der Waals surface area contributed by atoms with E-state index in [2.05, 4.69) is 9.88 Å². The molecule has 106 valence electrons. The summed E-state index contributed by atoms with van der Waals surface area (Å²) < 4.78 is 5.30. The highest BCUT2D eigenvalue weighted by molar-refractivity contribution is 5.19. The lowest BCUT2D eigenvalue weighted by Gasteiger charge is -2.35. The van der Waals surface area contributed by atoms with Crippen molar-refractivity contribution in [2.24, 2.45) is 5.73 Å². The Morgan fingerprint density at radius 1 is 1.47 bits per heavy atom. The van der Waals surface area contributed by atoms with Gasteiger partial charge >= 0.3 is 0 Å². The second kappa shape index (κ2) is 6.43. The van der Waals surface area contributed by atoms with Gasteiger partial charge in [0.2, 0.25) is 0 Å². The first-order valence-electron chi connectivity index (χ1n) is 6.74. The summed E-state index contributed by atoms with van der Waals surface area (Å²) >= 11 is 0. The van der Waals surface area contributed by atoms with Crippen LogP contribution in [0.2, 0.25) is 0 Å². The number of hydrogen-bond acceptors (Lipinski definition) is 5. The average Bonchev–Trinajstić information content (AvgIpc) is 2.39. The van der Waals surface area contributed by atoms with Gasteiger partial charge in [-0.05, 0) is 18.7 Å². The molecule has 0 spiro atoms. The lowest BCUT2D eigenvalue weighted by atomic mass is 9.94. The molecular formula is C14H23N3O2. The number of nitrogens with zero attached hydrogens (tertiary/aromatic N) is 2. The Hall–Kier alpha value is -1.01. The van der Waals surface area contributed by atoms with Gasteiger partial charge < -0.3 is 15.6 Å². The molecule has 0 amide bonds. The van der Waals surface area contributed by atoms with E-state index in [1.54, 1.807) is 6.20 Å². The fourth-order valence-corrected chi connectivity index (χ4v) is 2.56. The summed E-state index contributed by atoms with van der Waals surface area (Å²) in [5.41, 5.74) is 7.12. The molecule has 5 heteroatoms. The van der Waals surface area contributed by atoms with Gasteiger partial charge in [0, 0.05) is 51.9 Å². The molecule has 2 rings (SSSR count). The van der Waals surface area contributed by atoms with Crippen molar-refractivity contribution in [3.05, 3.63) is 29.6 Å². The molecule has 1 fully saturated rings. The van der Waals surface area contributed by atoms with Crippen molar-refractivity contribution >= 4 is 0 Å². The van der Waals surface area contributed by atoms with Crippen molar-refractivity contribution in [3.8, 4) is 0 Å². The standard InChI is InChI=1S/C14H23N3O2/c1-17(11-14(18)4-7-19-8-5-14)10-12-3-2-6-16-13(12)9-15/h2-3,6,18H,4-5,7-11,15H2,1H3. The molecule has 0 bridgehead atoms. The minimum atomic E-state index is -0.627. The van der Waals surface area contributed by atoms with Crippen molar-refractivity contribution in [2.75, 3.05) is 26.8 Å². The molecule has 1 saturated heterocycles. The van der Waals surface area contributed by atoms with Crippen LogP contribution in [0.1, 0.15) is 24.1 Å². The van der Waals surface area contributed by atoms with E-state index in [0.717, 1.165) is 17.8 Å². The third-order valence-corrected chi connectivity index (χ3v) is 3.61. The number of ether oxygens (including phenoxy) is 1. The minimum Gasteiger partial charge on any atom is -0.388 e. The molecule has 1 aromatic rings. The first kappa shape index (κ1) is 14.4. The summed E-state index contributed by atoms with van der Waals surface area (Å²) in [6.45, 7) is 3.14. The van der Waals surface area contributed by atoms with Gasteiger partial charge in [0.15, 0.2) is 0 Å². The third kappa shape index (κ3) is 3.98. The van der Waals surface area contributed by atoms with Crippen LogP contribution in [0.25, 0.3) is 0 Å². The van der Waals surface area contributed by atoms with Crippen LogP contribution in [-0.4, -0.2) is 47.4 Å². The Morgan fingerprint density at radius 2 is 2.21 bits per heavy atom. The number of aliphatic hydroxyl groups is 1. The van der Waals surface area contributed by atoms with Crippen LogP contribution >= 0.6 is 0 Å². The van der Waals surface area contributed by atoms with E-state index >= 15 is 0 Å². The summed E-state index contributed by atoms with van der Waals surface area (Å²) in [6, 6.07) is 3.96. The first-order valence-corrected chi connectivity index (χ1v) is 6.74. The van der Waals surface area contributed by atoms with Crippen LogP contribution in [0.3, 0.4) is 0 Å². The van der Waals surface area contributed by atoms with E-state index in [1.165, 1.54) is 0 Å². The van der Waals surface area contributed by atoms with Crippen LogP contribution < -0.4 is 5.73 Å². The normalized spacial score (nSPS) is 18.7. The quantitative estimate of drug-likeness (QED) is 0.812. The third-order valence-electron chi connectivity index (χ3n) is 3.61. The number of hydrogen-bond donors (Lipinski definition) is 2. The molecule has 0 saturated carbocycles. The zero-order chi connectivity index (χ0) is 13.7. The molecular weight excluding hydrogens is 242 g/mol. The summed E-state index contributed by atoms with van der Waals surface area (Å²) in [5.74, 6) is 0. The smallest absolute Gasteiger partial charge is 0.0817 e. The molecule has 2 heterocycles. The van der Waals surface area contributed by atoms with E-state index in [-0.39, 0.29) is 0 Å². The zero-order valence-electron chi connectivity index (χ0n) is 11.5. The van der Waals surface area contributed by atoms with Crippen molar-refractivity contribution in [2.45, 2.75) is 31.5 Å². The van der Waals surface area contributed by atoms with E-state index in [1.807, 2.05) is 19.2 Å². The molecule has 0 aliphatic carbocycles. The van der Waals surface area contributed by atoms with Crippen LogP contribution in [0.4, 0.5) is 0 Å². The Labute approximate surface area is 114 Å². The molecule has 0 radical (unpaired) electrons. The maximum Gasteiger partial charge on any atom is 0.0817 e. The molecule has 1 aliphatic heterocycles. The highest BCUT2D eigenvalue weighted by Crippen LogP contribution is 2.22. The lowest BCUT2D eigenvalue weighted by Crippen LogP contribution is -2.45. The monoisotopic (exact) mass is 265 g/mol. The van der Waals surface area contributed by atoms with Gasteiger partial charge in [-0.3, -0.25) is 9.88 Å². The summed E-state index contributed by atoms with van der Waals surface area (Å²) in [4.78, 5) is 6.41. The van der Waals surface area contributed by atoms with E-state index in [0.29, 0.717) is 39.1 Å². The Bertz CT molecular complexity index is 405. The molecule has 1 aliphatic rings. The van der Waals surface area contributed by atoms with E-state index in [9.17, 15) is 5.11 Å². The first-order chi connectivity index (χ1) is 9.13. The lowest BCUT2D eigenvalue weighted by molar-refractivity contribution is -0.0777. The van der Waals surface area contributed by atoms with Crippen molar-refractivity contribution < 1.29 is 9.84 Å². The van der Waals surface area contributed by atoms with Gasteiger partial charge in [0.05, 0.1) is 11.3 Å². The summed E-state index contributed by atoms with van der Waals surface area (Å²) in [6.07, 6.45) is 3.17. The fourth-order valence-electron chi connectivity index (χ4n) is 2.56. The van der Waals surface area contributed by atoms with Crippen molar-refractivity contribution in [1.82, 2.24) is 9.88 Å². The second-order valence-corrected chi connectivity index (χ2v) is 5.32. The molecule has 5 nitrogen and oxygen atoms in total.